The number of carboxylic acids is 1. The van der Waals surface area contributed by atoms with Crippen molar-refractivity contribution >= 4 is 23.2 Å². The van der Waals surface area contributed by atoms with Crippen LogP contribution in [0.2, 0.25) is 0 Å². The Hall–Kier alpha value is -1.98. The van der Waals surface area contributed by atoms with Crippen LogP contribution < -0.4 is 16.4 Å². The lowest BCUT2D eigenvalue weighted by Crippen LogP contribution is -2.36. The van der Waals surface area contributed by atoms with Gasteiger partial charge in [-0.1, -0.05) is 0 Å². The lowest BCUT2D eigenvalue weighted by atomic mass is 10.2. The minimum Gasteiger partial charge on any atom is -0.480 e. The van der Waals surface area contributed by atoms with Gasteiger partial charge in [0.1, 0.15) is 6.04 Å². The highest BCUT2D eigenvalue weighted by molar-refractivity contribution is 5.81. The molecule has 0 aromatic carbocycles. The second-order valence-corrected chi connectivity index (χ2v) is 3.87. The lowest BCUT2D eigenvalue weighted by molar-refractivity contribution is -0.138. The molecule has 0 bridgehead atoms. The molecular weight excluding hydrogens is 208 g/mol. The monoisotopic (exact) mass is 222 g/mol. The zero-order valence-electron chi connectivity index (χ0n) is 8.76. The third-order valence-corrected chi connectivity index (χ3v) is 2.73. The Bertz CT molecular complexity index is 421. The molecule has 16 heavy (non-hydrogen) atoms. The highest BCUT2D eigenvalue weighted by Gasteiger charge is 2.32. The normalized spacial score (nSPS) is 20.0. The van der Waals surface area contributed by atoms with Gasteiger partial charge >= 0.3 is 5.97 Å². The molecule has 1 saturated heterocycles. The Kier molecular flexibility index (Phi) is 2.55. The van der Waals surface area contributed by atoms with Gasteiger partial charge in [0.2, 0.25) is 0 Å². The number of rotatable bonds is 2. The summed E-state index contributed by atoms with van der Waals surface area (Å²) in [7, 11) is 0. The van der Waals surface area contributed by atoms with Crippen LogP contribution >= 0.6 is 0 Å². The smallest absolute Gasteiger partial charge is 0.326 e. The maximum Gasteiger partial charge on any atom is 0.326 e. The van der Waals surface area contributed by atoms with E-state index in [-0.39, 0.29) is 0 Å². The van der Waals surface area contributed by atoms with E-state index in [2.05, 4.69) is 4.98 Å². The van der Waals surface area contributed by atoms with Crippen LogP contribution in [0, 0.1) is 0 Å². The zero-order valence-corrected chi connectivity index (χ0v) is 8.76. The third-order valence-electron chi connectivity index (χ3n) is 2.73. The van der Waals surface area contributed by atoms with E-state index in [0.29, 0.717) is 30.2 Å². The molecule has 0 radical (unpaired) electrons. The van der Waals surface area contributed by atoms with Crippen LogP contribution in [0.1, 0.15) is 12.8 Å². The molecule has 0 saturated carbocycles. The number of nitrogens with zero attached hydrogens (tertiary/aromatic N) is 2. The first-order valence-electron chi connectivity index (χ1n) is 5.10. The number of pyridine rings is 1. The van der Waals surface area contributed by atoms with Crippen molar-refractivity contribution in [3.05, 3.63) is 12.3 Å². The van der Waals surface area contributed by atoms with Crippen molar-refractivity contribution < 1.29 is 9.90 Å². The minimum absolute atomic E-state index is 0.424. The van der Waals surface area contributed by atoms with Crippen molar-refractivity contribution in [3.63, 3.8) is 0 Å². The number of carbonyl (C=O) groups is 1. The Morgan fingerprint density at radius 3 is 2.94 bits per heavy atom. The van der Waals surface area contributed by atoms with Crippen molar-refractivity contribution in [1.29, 1.82) is 0 Å². The number of anilines is 3. The zero-order chi connectivity index (χ0) is 11.7. The molecule has 1 aromatic rings. The molecule has 0 amide bonds. The molecule has 1 aliphatic heterocycles. The fourth-order valence-corrected chi connectivity index (χ4v) is 2.01. The van der Waals surface area contributed by atoms with E-state index < -0.39 is 12.0 Å². The number of aliphatic carboxylic acids is 1. The maximum absolute atomic E-state index is 11.0. The largest absolute Gasteiger partial charge is 0.480 e. The van der Waals surface area contributed by atoms with Gasteiger partial charge < -0.3 is 21.5 Å². The van der Waals surface area contributed by atoms with E-state index in [1.54, 1.807) is 11.0 Å². The summed E-state index contributed by atoms with van der Waals surface area (Å²) in [6.45, 7) is 0.665. The Morgan fingerprint density at radius 2 is 2.31 bits per heavy atom. The first-order valence-corrected chi connectivity index (χ1v) is 5.10. The van der Waals surface area contributed by atoms with Crippen LogP contribution in [0.15, 0.2) is 12.3 Å². The fraction of sp³-hybridized carbons (Fsp3) is 0.400. The predicted molar refractivity (Wildman–Crippen MR) is 61.1 cm³/mol. The summed E-state index contributed by atoms with van der Waals surface area (Å²) in [6, 6.07) is 1.07. The Morgan fingerprint density at radius 1 is 1.56 bits per heavy atom. The molecule has 6 heteroatoms. The summed E-state index contributed by atoms with van der Waals surface area (Å²) in [6.07, 6.45) is 2.95. The Balaban J connectivity index is 2.32. The molecule has 0 aliphatic carbocycles. The SMILES string of the molecule is Nc1cnc(N2CCCC2C(=O)O)c(N)c1. The van der Waals surface area contributed by atoms with Crippen LogP contribution in [-0.2, 0) is 4.79 Å². The second kappa shape index (κ2) is 3.88. The van der Waals surface area contributed by atoms with E-state index in [1.165, 1.54) is 6.20 Å². The molecule has 0 spiro atoms. The number of nitrogen functional groups attached to an aromatic ring is 2. The summed E-state index contributed by atoms with van der Waals surface area (Å²) < 4.78 is 0. The molecule has 86 valence electrons. The Labute approximate surface area is 92.9 Å². The van der Waals surface area contributed by atoms with E-state index >= 15 is 0 Å². The average molecular weight is 222 g/mol. The molecule has 1 fully saturated rings. The summed E-state index contributed by atoms with van der Waals surface area (Å²) in [5.74, 6) is -0.324. The summed E-state index contributed by atoms with van der Waals surface area (Å²) >= 11 is 0. The second-order valence-electron chi connectivity index (χ2n) is 3.87. The molecule has 6 nitrogen and oxygen atoms in total. The number of carboxylic acid groups (broad SMARTS) is 1. The van der Waals surface area contributed by atoms with Crippen LogP contribution in [0.3, 0.4) is 0 Å². The highest BCUT2D eigenvalue weighted by Crippen LogP contribution is 2.29. The summed E-state index contributed by atoms with van der Waals surface area (Å²) in [4.78, 5) is 16.9. The van der Waals surface area contributed by atoms with Gasteiger partial charge in [0.25, 0.3) is 0 Å². The quantitative estimate of drug-likeness (QED) is 0.664. The topological polar surface area (TPSA) is 105 Å². The molecule has 1 aliphatic rings. The molecule has 5 N–H and O–H groups in total. The summed E-state index contributed by atoms with van der Waals surface area (Å²) in [5, 5.41) is 9.06. The van der Waals surface area contributed by atoms with Gasteiger partial charge in [0.05, 0.1) is 17.6 Å². The van der Waals surface area contributed by atoms with E-state index in [0.717, 1.165) is 6.42 Å². The van der Waals surface area contributed by atoms with Crippen LogP contribution in [0.25, 0.3) is 0 Å². The van der Waals surface area contributed by atoms with Gasteiger partial charge in [0.15, 0.2) is 5.82 Å². The van der Waals surface area contributed by atoms with Crippen LogP contribution in [0.5, 0.6) is 0 Å². The first-order chi connectivity index (χ1) is 7.59. The molecule has 1 unspecified atom stereocenters. The molecule has 1 aromatic heterocycles. The van der Waals surface area contributed by atoms with Crippen molar-refractivity contribution in [2.24, 2.45) is 0 Å². The predicted octanol–water partition coefficient (Wildman–Crippen LogP) is 0.299. The number of hydrogen-bond donors (Lipinski definition) is 3. The van der Waals surface area contributed by atoms with Gasteiger partial charge in [-0.05, 0) is 18.9 Å². The molecule has 2 rings (SSSR count). The van der Waals surface area contributed by atoms with Gasteiger partial charge in [-0.25, -0.2) is 9.78 Å². The molecular formula is C10H14N4O2. The van der Waals surface area contributed by atoms with Crippen molar-refractivity contribution in [2.45, 2.75) is 18.9 Å². The highest BCUT2D eigenvalue weighted by atomic mass is 16.4. The summed E-state index contributed by atoms with van der Waals surface area (Å²) in [5.41, 5.74) is 12.2. The van der Waals surface area contributed by atoms with Crippen LogP contribution in [-0.4, -0.2) is 28.6 Å². The van der Waals surface area contributed by atoms with Crippen molar-refractivity contribution in [1.82, 2.24) is 4.98 Å². The van der Waals surface area contributed by atoms with Gasteiger partial charge in [-0.15, -0.1) is 0 Å². The number of nitrogens with two attached hydrogens (primary N) is 2. The molecule has 1 atom stereocenters. The van der Waals surface area contributed by atoms with E-state index in [1.807, 2.05) is 0 Å². The standard InChI is InChI=1S/C10H14N4O2/c11-6-4-7(12)9(13-5-6)14-3-1-2-8(14)10(15)16/h4-5,8H,1-3,11-12H2,(H,15,16). The average Bonchev–Trinajstić information content (AvgIpc) is 2.66. The van der Waals surface area contributed by atoms with Gasteiger partial charge in [-0.2, -0.15) is 0 Å². The van der Waals surface area contributed by atoms with E-state index in [4.69, 9.17) is 16.6 Å². The maximum atomic E-state index is 11.0. The number of hydrogen-bond acceptors (Lipinski definition) is 5. The van der Waals surface area contributed by atoms with E-state index in [9.17, 15) is 4.79 Å². The minimum atomic E-state index is -0.837. The lowest BCUT2D eigenvalue weighted by Gasteiger charge is -2.23. The third kappa shape index (κ3) is 1.73. The number of aromatic nitrogens is 1. The van der Waals surface area contributed by atoms with Crippen molar-refractivity contribution in [3.8, 4) is 0 Å². The van der Waals surface area contributed by atoms with Gasteiger partial charge in [-0.3, -0.25) is 0 Å². The van der Waals surface area contributed by atoms with Crippen LogP contribution in [0.4, 0.5) is 17.2 Å². The van der Waals surface area contributed by atoms with Crippen molar-refractivity contribution in [2.75, 3.05) is 22.9 Å². The fourth-order valence-electron chi connectivity index (χ4n) is 2.01. The first kappa shape index (κ1) is 10.5. The molecule has 2 heterocycles. The van der Waals surface area contributed by atoms with Gasteiger partial charge in [0, 0.05) is 6.54 Å².